The second-order valence-electron chi connectivity index (χ2n) is 11.4. The highest BCUT2D eigenvalue weighted by atomic mass is 19.1. The van der Waals surface area contributed by atoms with E-state index in [2.05, 4.69) is 20.8 Å². The molecule has 0 spiro atoms. The number of halogens is 1. The first-order chi connectivity index (χ1) is 22.6. The number of nitrogens with one attached hydrogen (secondary N) is 1. The molecule has 3 amide bonds. The van der Waals surface area contributed by atoms with Crippen LogP contribution in [-0.4, -0.2) is 92.0 Å². The summed E-state index contributed by atoms with van der Waals surface area (Å²) in [6.45, 7) is 3.17. The lowest BCUT2D eigenvalue weighted by Gasteiger charge is -2.39. The van der Waals surface area contributed by atoms with Gasteiger partial charge < -0.3 is 20.2 Å². The van der Waals surface area contributed by atoms with E-state index < -0.39 is 29.6 Å². The number of nitrogens with zero attached hydrogens (tertiary/aromatic N) is 7. The van der Waals surface area contributed by atoms with E-state index in [1.54, 1.807) is 36.1 Å². The predicted molar refractivity (Wildman–Crippen MR) is 169 cm³/mol. The van der Waals surface area contributed by atoms with Crippen molar-refractivity contribution in [1.29, 1.82) is 0 Å². The van der Waals surface area contributed by atoms with Gasteiger partial charge in [-0.25, -0.2) is 9.18 Å². The van der Waals surface area contributed by atoms with Gasteiger partial charge in [-0.15, -0.1) is 5.10 Å². The van der Waals surface area contributed by atoms with Crippen molar-refractivity contribution in [3.63, 3.8) is 0 Å². The number of carbonyl (C=O) groups excluding carboxylic acids is 3. The molecule has 2 aliphatic rings. The molecular formula is C33H31FN8O5. The van der Waals surface area contributed by atoms with Gasteiger partial charge in [0.1, 0.15) is 18.2 Å². The Kier molecular flexibility index (Phi) is 8.59. The number of hydrogen-bond donors (Lipinski definition) is 2. The van der Waals surface area contributed by atoms with E-state index in [1.807, 2.05) is 18.0 Å². The molecule has 1 aromatic heterocycles. The summed E-state index contributed by atoms with van der Waals surface area (Å²) in [6.07, 6.45) is 4.25. The molecular weight excluding hydrogens is 607 g/mol. The summed E-state index contributed by atoms with van der Waals surface area (Å²) >= 11 is 0. The normalized spacial score (nSPS) is 16.7. The van der Waals surface area contributed by atoms with Crippen LogP contribution < -0.4 is 10.2 Å². The van der Waals surface area contributed by atoms with E-state index in [-0.39, 0.29) is 30.1 Å². The van der Waals surface area contributed by atoms with Crippen LogP contribution in [-0.2, 0) is 20.8 Å². The first-order valence-corrected chi connectivity index (χ1v) is 14.9. The molecule has 3 heterocycles. The number of anilines is 2. The van der Waals surface area contributed by atoms with Gasteiger partial charge in [0, 0.05) is 42.6 Å². The monoisotopic (exact) mass is 638 g/mol. The molecule has 0 unspecified atom stereocenters. The van der Waals surface area contributed by atoms with Crippen molar-refractivity contribution < 1.29 is 28.7 Å². The van der Waals surface area contributed by atoms with E-state index in [1.165, 1.54) is 52.3 Å². The SMILES string of the molecule is Cc1ccc(-n2cnnn2)c(/C=C/C(=O)N2CCc3c(cccc3N3CCN(C)CC3=O)[C@H]2C(=O)Nc2ccc(C(=O)O)cc2)c1F. The van der Waals surface area contributed by atoms with E-state index in [9.17, 15) is 24.3 Å². The predicted octanol–water partition coefficient (Wildman–Crippen LogP) is 2.86. The zero-order valence-electron chi connectivity index (χ0n) is 25.6. The number of carbonyl (C=O) groups is 4. The fraction of sp³-hybridized carbons (Fsp3) is 0.242. The summed E-state index contributed by atoms with van der Waals surface area (Å²) < 4.78 is 16.6. The van der Waals surface area contributed by atoms with Gasteiger partial charge in [0.25, 0.3) is 5.91 Å². The van der Waals surface area contributed by atoms with Crippen LogP contribution in [0.15, 0.2) is 67.0 Å². The number of hydrogen-bond acceptors (Lipinski definition) is 8. The molecule has 14 heteroatoms. The third kappa shape index (κ3) is 6.22. The number of aromatic nitrogens is 4. The van der Waals surface area contributed by atoms with Crippen LogP contribution in [0.2, 0.25) is 0 Å². The number of likely N-dealkylation sites (N-methyl/N-ethyl adjacent to an activating group) is 1. The molecule has 4 aromatic rings. The van der Waals surface area contributed by atoms with Crippen LogP contribution in [0.3, 0.4) is 0 Å². The minimum absolute atomic E-state index is 0.0545. The quantitative estimate of drug-likeness (QED) is 0.291. The molecule has 1 saturated heterocycles. The van der Waals surface area contributed by atoms with Gasteiger partial charge >= 0.3 is 5.97 Å². The maximum atomic E-state index is 15.4. The molecule has 1 atom stereocenters. The minimum Gasteiger partial charge on any atom is -0.478 e. The van der Waals surface area contributed by atoms with Crippen molar-refractivity contribution in [2.75, 3.05) is 43.4 Å². The number of fused-ring (bicyclic) bond motifs is 1. The Hall–Kier alpha value is -5.76. The van der Waals surface area contributed by atoms with Gasteiger partial charge in [0.2, 0.25) is 11.8 Å². The molecule has 6 rings (SSSR count). The zero-order valence-corrected chi connectivity index (χ0v) is 25.6. The van der Waals surface area contributed by atoms with Crippen LogP contribution >= 0.6 is 0 Å². The lowest BCUT2D eigenvalue weighted by Crippen LogP contribution is -2.50. The van der Waals surface area contributed by atoms with Gasteiger partial charge in [-0.1, -0.05) is 18.2 Å². The Balaban J connectivity index is 1.37. The number of benzene rings is 3. The van der Waals surface area contributed by atoms with E-state index >= 15 is 4.39 Å². The number of rotatable bonds is 7. The van der Waals surface area contributed by atoms with Gasteiger partial charge in [0.05, 0.1) is 17.8 Å². The van der Waals surface area contributed by atoms with Crippen LogP contribution in [0, 0.1) is 12.7 Å². The average molecular weight is 639 g/mol. The summed E-state index contributed by atoms with van der Waals surface area (Å²) in [5.41, 5.74) is 3.21. The molecule has 240 valence electrons. The molecule has 0 bridgehead atoms. The van der Waals surface area contributed by atoms with Crippen LogP contribution in [0.4, 0.5) is 15.8 Å². The number of aromatic carboxylic acids is 1. The van der Waals surface area contributed by atoms with Gasteiger partial charge in [0.15, 0.2) is 0 Å². The first kappa shape index (κ1) is 31.2. The molecule has 0 saturated carbocycles. The van der Waals surface area contributed by atoms with Crippen LogP contribution in [0.5, 0.6) is 0 Å². The number of tetrazole rings is 1. The van der Waals surface area contributed by atoms with Gasteiger partial charge in [-0.2, -0.15) is 4.68 Å². The first-order valence-electron chi connectivity index (χ1n) is 14.9. The van der Waals surface area contributed by atoms with Crippen molar-refractivity contribution in [3.8, 4) is 5.69 Å². The second kappa shape index (κ2) is 12.9. The highest BCUT2D eigenvalue weighted by Crippen LogP contribution is 2.37. The third-order valence-corrected chi connectivity index (χ3v) is 8.37. The standard InChI is InChI=1S/C33H31FN8O5/c1-20-6-12-27(42-19-35-37-38-42)25(30(20)34)11-13-28(43)41-15-14-23-24(4-3-5-26(23)40-17-16-39(2)18-29(40)44)31(41)32(45)36-22-9-7-21(8-10-22)33(46)47/h3-13,19,31H,14-18H2,1-2H3,(H,36,45)(H,46,47)/b13-11+/t31-/m0/s1. The third-order valence-electron chi connectivity index (χ3n) is 8.37. The summed E-state index contributed by atoms with van der Waals surface area (Å²) in [7, 11) is 1.88. The maximum Gasteiger partial charge on any atom is 0.335 e. The summed E-state index contributed by atoms with van der Waals surface area (Å²) in [5.74, 6) is -2.79. The largest absolute Gasteiger partial charge is 0.478 e. The Morgan fingerprint density at radius 1 is 1.02 bits per heavy atom. The molecule has 2 N–H and O–H groups in total. The second-order valence-corrected chi connectivity index (χ2v) is 11.4. The number of carboxylic acids is 1. The number of carboxylic acid groups (broad SMARTS) is 1. The molecule has 1 fully saturated rings. The van der Waals surface area contributed by atoms with Gasteiger partial charge in [-0.3, -0.25) is 19.3 Å². The summed E-state index contributed by atoms with van der Waals surface area (Å²) in [5, 5.41) is 23.2. The Labute approximate surface area is 268 Å². The zero-order chi connectivity index (χ0) is 33.2. The molecule has 0 radical (unpaired) electrons. The molecule has 2 aliphatic heterocycles. The van der Waals surface area contributed by atoms with E-state index in [0.29, 0.717) is 47.7 Å². The maximum absolute atomic E-state index is 15.4. The van der Waals surface area contributed by atoms with Crippen LogP contribution in [0.1, 0.15) is 38.7 Å². The van der Waals surface area contributed by atoms with Crippen molar-refractivity contribution in [1.82, 2.24) is 30.0 Å². The topological polar surface area (TPSA) is 154 Å². The summed E-state index contributed by atoms with van der Waals surface area (Å²) in [4.78, 5) is 57.3. The van der Waals surface area contributed by atoms with Crippen molar-refractivity contribution in [3.05, 3.63) is 101 Å². The van der Waals surface area contributed by atoms with E-state index in [4.69, 9.17) is 0 Å². The van der Waals surface area contributed by atoms with Gasteiger partial charge in [-0.05, 0) is 90.0 Å². The number of aryl methyl sites for hydroxylation is 1. The fourth-order valence-corrected chi connectivity index (χ4v) is 5.95. The lowest BCUT2D eigenvalue weighted by molar-refractivity contribution is -0.135. The summed E-state index contributed by atoms with van der Waals surface area (Å²) in [6, 6.07) is 13.2. The molecule has 0 aliphatic carbocycles. The smallest absolute Gasteiger partial charge is 0.335 e. The Morgan fingerprint density at radius 3 is 2.51 bits per heavy atom. The Morgan fingerprint density at radius 2 is 1.81 bits per heavy atom. The molecule has 13 nitrogen and oxygen atoms in total. The number of piperazine rings is 1. The van der Waals surface area contributed by atoms with Crippen LogP contribution in [0.25, 0.3) is 11.8 Å². The van der Waals surface area contributed by atoms with E-state index in [0.717, 1.165) is 5.56 Å². The van der Waals surface area contributed by atoms with Crippen molar-refractivity contribution >= 4 is 41.1 Å². The van der Waals surface area contributed by atoms with Crippen molar-refractivity contribution in [2.24, 2.45) is 0 Å². The average Bonchev–Trinajstić information content (AvgIpc) is 3.60. The molecule has 47 heavy (non-hydrogen) atoms. The highest BCUT2D eigenvalue weighted by Gasteiger charge is 2.38. The number of amides is 3. The van der Waals surface area contributed by atoms with Crippen molar-refractivity contribution in [2.45, 2.75) is 19.4 Å². The highest BCUT2D eigenvalue weighted by molar-refractivity contribution is 6.02. The molecule has 3 aromatic carbocycles. The Bertz CT molecular complexity index is 1890. The lowest BCUT2D eigenvalue weighted by atomic mass is 9.89. The fourth-order valence-electron chi connectivity index (χ4n) is 5.95. The minimum atomic E-state index is -1.11.